The monoisotopic (exact) mass is 257 g/mol. The second-order valence-electron chi connectivity index (χ2n) is 3.82. The highest BCUT2D eigenvalue weighted by Crippen LogP contribution is 2.29. The molecule has 0 spiro atoms. The predicted octanol–water partition coefficient (Wildman–Crippen LogP) is 2.82. The highest BCUT2D eigenvalue weighted by atomic mass is 32.2. The van der Waals surface area contributed by atoms with Crippen molar-refractivity contribution in [3.8, 4) is 17.0 Å². The lowest BCUT2D eigenvalue weighted by Crippen LogP contribution is -1.97. The van der Waals surface area contributed by atoms with Crippen molar-refractivity contribution in [2.45, 2.75) is 5.16 Å². The lowest BCUT2D eigenvalue weighted by Gasteiger charge is -2.05. The molecule has 0 saturated carbocycles. The first-order chi connectivity index (χ1) is 8.79. The molecule has 90 valence electrons. The fourth-order valence-corrected chi connectivity index (χ4v) is 2.20. The molecule has 3 aromatic rings. The summed E-state index contributed by atoms with van der Waals surface area (Å²) in [6.45, 7) is 0. The zero-order valence-electron chi connectivity index (χ0n) is 9.74. The molecule has 1 aromatic carbocycles. The van der Waals surface area contributed by atoms with Crippen LogP contribution in [-0.4, -0.2) is 26.0 Å². The van der Waals surface area contributed by atoms with Gasteiger partial charge in [-0.2, -0.15) is 0 Å². The average Bonchev–Trinajstić information content (AvgIpc) is 2.82. The first-order valence-electron chi connectivity index (χ1n) is 5.47. The third-order valence-corrected chi connectivity index (χ3v) is 3.29. The van der Waals surface area contributed by atoms with E-state index in [4.69, 9.17) is 0 Å². The zero-order valence-corrected chi connectivity index (χ0v) is 10.6. The van der Waals surface area contributed by atoms with Crippen LogP contribution in [0.25, 0.3) is 16.8 Å². The van der Waals surface area contributed by atoms with Crippen LogP contribution in [0.4, 0.5) is 0 Å². The van der Waals surface area contributed by atoms with Gasteiger partial charge in [0.2, 0.25) is 5.16 Å². The first-order valence-corrected chi connectivity index (χ1v) is 6.69. The van der Waals surface area contributed by atoms with Crippen molar-refractivity contribution in [3.05, 3.63) is 42.6 Å². The van der Waals surface area contributed by atoms with Crippen LogP contribution in [0.1, 0.15) is 0 Å². The fourth-order valence-electron chi connectivity index (χ4n) is 1.87. The summed E-state index contributed by atoms with van der Waals surface area (Å²) in [7, 11) is 0. The molecule has 0 fully saturated rings. The first kappa shape index (κ1) is 11.1. The van der Waals surface area contributed by atoms with Crippen molar-refractivity contribution < 1.29 is 5.11 Å². The van der Waals surface area contributed by atoms with Crippen LogP contribution in [0.15, 0.2) is 47.8 Å². The van der Waals surface area contributed by atoms with E-state index in [0.29, 0.717) is 5.16 Å². The summed E-state index contributed by atoms with van der Waals surface area (Å²) in [5.74, 6) is 0.252. The molecule has 2 aromatic heterocycles. The number of fused-ring (bicyclic) bond motifs is 1. The van der Waals surface area contributed by atoms with E-state index < -0.39 is 0 Å². The normalized spacial score (nSPS) is 10.9. The summed E-state index contributed by atoms with van der Waals surface area (Å²) in [5.41, 5.74) is 2.54. The average molecular weight is 257 g/mol. The molecule has 1 N–H and O–H groups in total. The number of aromatic nitrogens is 3. The van der Waals surface area contributed by atoms with Gasteiger partial charge in [-0.15, -0.1) is 5.10 Å². The Hall–Kier alpha value is -2.01. The summed E-state index contributed by atoms with van der Waals surface area (Å²) in [6, 6.07) is 11.1. The van der Waals surface area contributed by atoms with Gasteiger partial charge < -0.3 is 5.11 Å². The molecule has 3 rings (SSSR count). The van der Waals surface area contributed by atoms with E-state index in [2.05, 4.69) is 10.1 Å². The molecule has 0 aliphatic carbocycles. The summed E-state index contributed by atoms with van der Waals surface area (Å²) in [4.78, 5) is 4.22. The lowest BCUT2D eigenvalue weighted by molar-refractivity contribution is 0.477. The molecule has 0 aliphatic heterocycles. The standard InChI is InChI=1S/C13H11N3OS/c1-18-13-14-8-9-6-7-11(16(9)15-13)10-4-2-3-5-12(10)17/h2-8,17H,1H3. The Bertz CT molecular complexity index is 708. The fraction of sp³-hybridized carbons (Fsp3) is 0.0769. The van der Waals surface area contributed by atoms with Crippen LogP contribution < -0.4 is 0 Å². The maximum Gasteiger partial charge on any atom is 0.207 e. The van der Waals surface area contributed by atoms with Crippen LogP contribution in [-0.2, 0) is 0 Å². The summed E-state index contributed by atoms with van der Waals surface area (Å²) in [6.07, 6.45) is 3.71. The van der Waals surface area contributed by atoms with Gasteiger partial charge in [0.1, 0.15) is 5.75 Å². The molecule has 0 bridgehead atoms. The minimum absolute atomic E-state index is 0.252. The second-order valence-corrected chi connectivity index (χ2v) is 4.59. The van der Waals surface area contributed by atoms with Gasteiger partial charge in [-0.05, 0) is 30.5 Å². The third-order valence-electron chi connectivity index (χ3n) is 2.74. The summed E-state index contributed by atoms with van der Waals surface area (Å²) < 4.78 is 1.80. The molecule has 2 heterocycles. The van der Waals surface area contributed by atoms with Gasteiger partial charge in [0, 0.05) is 5.56 Å². The summed E-state index contributed by atoms with van der Waals surface area (Å²) >= 11 is 1.49. The van der Waals surface area contributed by atoms with Crippen LogP contribution in [0.3, 0.4) is 0 Å². The van der Waals surface area contributed by atoms with Gasteiger partial charge in [0.05, 0.1) is 17.4 Å². The quantitative estimate of drug-likeness (QED) is 0.717. The summed E-state index contributed by atoms with van der Waals surface area (Å²) in [5, 5.41) is 15.0. The number of benzene rings is 1. The van der Waals surface area contributed by atoms with Gasteiger partial charge >= 0.3 is 0 Å². The number of aromatic hydroxyl groups is 1. The van der Waals surface area contributed by atoms with Gasteiger partial charge in [-0.1, -0.05) is 23.9 Å². The van der Waals surface area contributed by atoms with Crippen molar-refractivity contribution in [1.29, 1.82) is 0 Å². The van der Waals surface area contributed by atoms with Gasteiger partial charge in [0.15, 0.2) is 0 Å². The maximum absolute atomic E-state index is 9.91. The molecule has 0 saturated heterocycles. The number of phenols is 1. The number of hydrogen-bond donors (Lipinski definition) is 1. The molecule has 0 radical (unpaired) electrons. The van der Waals surface area contributed by atoms with Crippen LogP contribution in [0.2, 0.25) is 0 Å². The van der Waals surface area contributed by atoms with Gasteiger partial charge in [0.25, 0.3) is 0 Å². The molecular formula is C13H11N3OS. The van der Waals surface area contributed by atoms with E-state index in [1.54, 1.807) is 22.8 Å². The van der Waals surface area contributed by atoms with Crippen LogP contribution in [0, 0.1) is 0 Å². The maximum atomic E-state index is 9.91. The number of nitrogens with zero attached hydrogens (tertiary/aromatic N) is 3. The van der Waals surface area contributed by atoms with Crippen LogP contribution >= 0.6 is 11.8 Å². The van der Waals surface area contributed by atoms with Crippen molar-refractivity contribution in [3.63, 3.8) is 0 Å². The minimum Gasteiger partial charge on any atom is -0.507 e. The third kappa shape index (κ3) is 1.73. The molecular weight excluding hydrogens is 246 g/mol. The van der Waals surface area contributed by atoms with Gasteiger partial charge in [-0.25, -0.2) is 9.50 Å². The molecule has 0 atom stereocenters. The highest BCUT2D eigenvalue weighted by Gasteiger charge is 2.10. The van der Waals surface area contributed by atoms with E-state index >= 15 is 0 Å². The Balaban J connectivity index is 2.26. The Morgan fingerprint density at radius 3 is 2.78 bits per heavy atom. The molecule has 0 aliphatic rings. The number of rotatable bonds is 2. The van der Waals surface area contributed by atoms with Crippen molar-refractivity contribution in [2.75, 3.05) is 6.26 Å². The number of phenolic OH excluding ortho intramolecular Hbond substituents is 1. The van der Waals surface area contributed by atoms with E-state index in [0.717, 1.165) is 16.8 Å². The minimum atomic E-state index is 0.252. The number of thioether (sulfide) groups is 1. The largest absolute Gasteiger partial charge is 0.507 e. The van der Waals surface area contributed by atoms with E-state index in [9.17, 15) is 5.11 Å². The molecule has 0 unspecified atom stereocenters. The van der Waals surface area contributed by atoms with Crippen molar-refractivity contribution >= 4 is 17.3 Å². The van der Waals surface area contributed by atoms with E-state index in [-0.39, 0.29) is 5.75 Å². The molecule has 4 nitrogen and oxygen atoms in total. The Morgan fingerprint density at radius 2 is 2.00 bits per heavy atom. The number of hydrogen-bond acceptors (Lipinski definition) is 4. The molecule has 0 amide bonds. The number of para-hydroxylation sites is 1. The SMILES string of the molecule is CSc1ncc2ccc(-c3ccccc3O)n2n1. The Kier molecular flexibility index (Phi) is 2.68. The Labute approximate surface area is 108 Å². The second kappa shape index (κ2) is 4.34. The molecule has 18 heavy (non-hydrogen) atoms. The van der Waals surface area contributed by atoms with Crippen molar-refractivity contribution in [1.82, 2.24) is 14.6 Å². The topological polar surface area (TPSA) is 50.4 Å². The smallest absolute Gasteiger partial charge is 0.207 e. The van der Waals surface area contributed by atoms with E-state index in [1.807, 2.05) is 30.5 Å². The molecule has 5 heteroatoms. The van der Waals surface area contributed by atoms with Crippen molar-refractivity contribution in [2.24, 2.45) is 0 Å². The lowest BCUT2D eigenvalue weighted by atomic mass is 10.1. The van der Waals surface area contributed by atoms with Crippen LogP contribution in [0.5, 0.6) is 5.75 Å². The predicted molar refractivity (Wildman–Crippen MR) is 71.9 cm³/mol. The zero-order chi connectivity index (χ0) is 12.5. The highest BCUT2D eigenvalue weighted by molar-refractivity contribution is 7.98. The Morgan fingerprint density at radius 1 is 1.17 bits per heavy atom. The van der Waals surface area contributed by atoms with Gasteiger partial charge in [-0.3, -0.25) is 0 Å². The van der Waals surface area contributed by atoms with E-state index in [1.165, 1.54) is 11.8 Å².